The lowest BCUT2D eigenvalue weighted by Gasteiger charge is -2.42. The molecule has 2 aromatic heterocycles. The number of nitrogens with one attached hydrogen (secondary N) is 1. The summed E-state index contributed by atoms with van der Waals surface area (Å²) < 4.78 is 41.9. The molecule has 6 nitrogen and oxygen atoms in total. The predicted molar refractivity (Wildman–Crippen MR) is 148 cm³/mol. The van der Waals surface area contributed by atoms with Gasteiger partial charge in [-0.1, -0.05) is 0 Å². The number of thiophene rings is 1. The van der Waals surface area contributed by atoms with Crippen molar-refractivity contribution in [3.63, 3.8) is 0 Å². The number of aryl methyl sites for hydroxylation is 2. The van der Waals surface area contributed by atoms with E-state index >= 15 is 0 Å². The number of pyridine rings is 1. The molecule has 210 valence electrons. The zero-order valence-electron chi connectivity index (χ0n) is 22.5. The summed E-state index contributed by atoms with van der Waals surface area (Å²) in [5.74, 6) is -0.277. The number of alkyl halides is 3. The Hall–Kier alpha value is -3.11. The Morgan fingerprint density at radius 2 is 1.82 bits per heavy atom. The Balaban J connectivity index is 1.32. The average Bonchev–Trinajstić information content (AvgIpc) is 3.40. The van der Waals surface area contributed by atoms with Crippen LogP contribution in [0.3, 0.4) is 0 Å². The van der Waals surface area contributed by atoms with Gasteiger partial charge in [0.05, 0.1) is 0 Å². The minimum absolute atomic E-state index is 0.0611. The second kappa shape index (κ2) is 12.8. The molecule has 10 heteroatoms. The monoisotopic (exact) mass is 560 g/mol. The highest BCUT2D eigenvalue weighted by molar-refractivity contribution is 7.07. The molecule has 0 saturated carbocycles. The lowest BCUT2D eigenvalue weighted by molar-refractivity contribution is -0.274. The number of nitrogens with zero attached hydrogens (tertiary/aromatic N) is 3. The van der Waals surface area contributed by atoms with E-state index in [1.54, 1.807) is 35.9 Å². The molecule has 3 heterocycles. The fraction of sp³-hybridized carbons (Fsp3) is 0.448. The molecule has 1 saturated heterocycles. The predicted octanol–water partition coefficient (Wildman–Crippen LogP) is 6.34. The van der Waals surface area contributed by atoms with Gasteiger partial charge in [-0.2, -0.15) is 11.3 Å². The molecule has 0 bridgehead atoms. The van der Waals surface area contributed by atoms with Gasteiger partial charge in [-0.3, -0.25) is 9.78 Å². The minimum Gasteiger partial charge on any atom is -0.406 e. The minimum atomic E-state index is -4.71. The van der Waals surface area contributed by atoms with Crippen LogP contribution in [0.15, 0.2) is 53.5 Å². The SMILES string of the molecule is Cc1cncc(C)c1C(=O)NCCC(C)N1CCC(N(Cc2ccsc2)c2ccc(OC(F)(F)F)cc2)CC1. The van der Waals surface area contributed by atoms with E-state index in [9.17, 15) is 18.0 Å². The molecule has 1 amide bonds. The zero-order chi connectivity index (χ0) is 28.0. The summed E-state index contributed by atoms with van der Waals surface area (Å²) in [7, 11) is 0. The fourth-order valence-corrected chi connectivity index (χ4v) is 5.87. The summed E-state index contributed by atoms with van der Waals surface area (Å²) in [6.07, 6.45) is 1.44. The van der Waals surface area contributed by atoms with Crippen molar-refractivity contribution in [2.75, 3.05) is 24.5 Å². The smallest absolute Gasteiger partial charge is 0.406 e. The van der Waals surface area contributed by atoms with E-state index in [2.05, 4.69) is 43.2 Å². The van der Waals surface area contributed by atoms with Crippen LogP contribution in [-0.2, 0) is 6.54 Å². The Kier molecular flexibility index (Phi) is 9.50. The molecule has 3 aromatic rings. The Morgan fingerprint density at radius 3 is 2.41 bits per heavy atom. The van der Waals surface area contributed by atoms with Crippen LogP contribution in [-0.4, -0.2) is 53.9 Å². The van der Waals surface area contributed by atoms with E-state index in [0.717, 1.165) is 49.2 Å². The summed E-state index contributed by atoms with van der Waals surface area (Å²) in [6.45, 7) is 9.11. The number of likely N-dealkylation sites (tertiary alicyclic amines) is 1. The number of rotatable bonds is 10. The number of hydrogen-bond acceptors (Lipinski definition) is 6. The molecule has 1 unspecified atom stereocenters. The zero-order valence-corrected chi connectivity index (χ0v) is 23.3. The molecule has 0 radical (unpaired) electrons. The molecular formula is C29H35F3N4O2S. The molecule has 39 heavy (non-hydrogen) atoms. The van der Waals surface area contributed by atoms with Crippen molar-refractivity contribution in [2.24, 2.45) is 0 Å². The van der Waals surface area contributed by atoms with Gasteiger partial charge in [-0.15, -0.1) is 13.2 Å². The maximum atomic E-state index is 12.7. The van der Waals surface area contributed by atoms with Gasteiger partial charge in [-0.05, 0) is 97.8 Å². The normalized spacial score (nSPS) is 15.6. The molecule has 1 atom stereocenters. The summed E-state index contributed by atoms with van der Waals surface area (Å²) in [5.41, 5.74) is 4.50. The highest BCUT2D eigenvalue weighted by Crippen LogP contribution is 2.30. The van der Waals surface area contributed by atoms with Crippen LogP contribution in [0.1, 0.15) is 53.2 Å². The first-order valence-electron chi connectivity index (χ1n) is 13.2. The van der Waals surface area contributed by atoms with Crippen molar-refractivity contribution in [3.05, 3.63) is 75.7 Å². The molecule has 0 aliphatic carbocycles. The van der Waals surface area contributed by atoms with Gasteiger partial charge in [0.2, 0.25) is 0 Å². The van der Waals surface area contributed by atoms with E-state index in [4.69, 9.17) is 0 Å². The first kappa shape index (κ1) is 28.9. The molecule has 1 N–H and O–H groups in total. The van der Waals surface area contributed by atoms with Crippen molar-refractivity contribution in [1.82, 2.24) is 15.2 Å². The molecule has 1 aromatic carbocycles. The van der Waals surface area contributed by atoms with Gasteiger partial charge in [0.25, 0.3) is 5.91 Å². The van der Waals surface area contributed by atoms with E-state index in [0.29, 0.717) is 24.7 Å². The highest BCUT2D eigenvalue weighted by Gasteiger charge is 2.31. The maximum Gasteiger partial charge on any atom is 0.573 e. The number of carbonyl (C=O) groups excluding carboxylic acids is 1. The van der Waals surface area contributed by atoms with E-state index in [1.807, 2.05) is 19.2 Å². The third-order valence-corrected chi connectivity index (χ3v) is 8.03. The maximum absolute atomic E-state index is 12.7. The molecule has 1 aliphatic heterocycles. The van der Waals surface area contributed by atoms with Crippen LogP contribution in [0.25, 0.3) is 0 Å². The first-order chi connectivity index (χ1) is 18.6. The van der Waals surface area contributed by atoms with Crippen LogP contribution in [0.2, 0.25) is 0 Å². The van der Waals surface area contributed by atoms with Crippen molar-refractivity contribution < 1.29 is 22.7 Å². The topological polar surface area (TPSA) is 57.7 Å². The molecule has 0 spiro atoms. The largest absolute Gasteiger partial charge is 0.573 e. The molecular weight excluding hydrogens is 525 g/mol. The van der Waals surface area contributed by atoms with Crippen LogP contribution < -0.4 is 15.0 Å². The van der Waals surface area contributed by atoms with Crippen LogP contribution in [0.5, 0.6) is 5.75 Å². The second-order valence-electron chi connectivity index (χ2n) is 10.1. The number of piperidine rings is 1. The van der Waals surface area contributed by atoms with Crippen molar-refractivity contribution in [2.45, 2.75) is 65.0 Å². The number of aromatic nitrogens is 1. The van der Waals surface area contributed by atoms with Gasteiger partial charge >= 0.3 is 6.36 Å². The third kappa shape index (κ3) is 7.95. The molecule has 1 fully saturated rings. The average molecular weight is 561 g/mol. The number of amides is 1. The number of anilines is 1. The van der Waals surface area contributed by atoms with Crippen LogP contribution >= 0.6 is 11.3 Å². The number of hydrogen-bond donors (Lipinski definition) is 1. The Morgan fingerprint density at radius 1 is 1.15 bits per heavy atom. The fourth-order valence-electron chi connectivity index (χ4n) is 5.21. The summed E-state index contributed by atoms with van der Waals surface area (Å²) in [6, 6.07) is 8.83. The van der Waals surface area contributed by atoms with Crippen molar-refractivity contribution in [3.8, 4) is 5.75 Å². The first-order valence-corrected chi connectivity index (χ1v) is 14.1. The number of ether oxygens (including phenoxy) is 1. The summed E-state index contributed by atoms with van der Waals surface area (Å²) >= 11 is 1.63. The van der Waals surface area contributed by atoms with Crippen molar-refractivity contribution in [1.29, 1.82) is 0 Å². The number of carbonyl (C=O) groups is 1. The Bertz CT molecular complexity index is 1190. The van der Waals surface area contributed by atoms with E-state index < -0.39 is 6.36 Å². The van der Waals surface area contributed by atoms with Crippen LogP contribution in [0.4, 0.5) is 18.9 Å². The van der Waals surface area contributed by atoms with E-state index in [-0.39, 0.29) is 17.7 Å². The Labute approximate surface area is 231 Å². The van der Waals surface area contributed by atoms with Gasteiger partial charge in [0.1, 0.15) is 5.75 Å². The summed E-state index contributed by atoms with van der Waals surface area (Å²) in [4.78, 5) is 21.6. The second-order valence-corrected chi connectivity index (χ2v) is 10.9. The lowest BCUT2D eigenvalue weighted by atomic mass is 9.99. The number of benzene rings is 1. The molecule has 1 aliphatic rings. The molecule has 4 rings (SSSR count). The van der Waals surface area contributed by atoms with E-state index in [1.165, 1.54) is 17.7 Å². The number of halogens is 3. The lowest BCUT2D eigenvalue weighted by Crippen LogP contribution is -2.48. The summed E-state index contributed by atoms with van der Waals surface area (Å²) in [5, 5.41) is 7.20. The van der Waals surface area contributed by atoms with Gasteiger partial charge in [0, 0.05) is 61.9 Å². The quantitative estimate of drug-likeness (QED) is 0.314. The van der Waals surface area contributed by atoms with Gasteiger partial charge in [0.15, 0.2) is 0 Å². The highest BCUT2D eigenvalue weighted by atomic mass is 32.1. The van der Waals surface area contributed by atoms with Gasteiger partial charge < -0.3 is 19.9 Å². The van der Waals surface area contributed by atoms with Crippen molar-refractivity contribution >= 4 is 22.9 Å². The third-order valence-electron chi connectivity index (χ3n) is 7.30. The standard InChI is InChI=1S/C29H35F3N4O2S/c1-20-16-33-17-21(2)27(20)28(37)34-12-8-22(3)35-13-9-25(10-14-35)36(18-23-11-15-39-19-23)24-4-6-26(7-5-24)38-29(30,31)32/h4-7,11,15-17,19,22,25H,8-10,12-14,18H2,1-3H3,(H,34,37). The van der Waals surface area contributed by atoms with Gasteiger partial charge in [-0.25, -0.2) is 0 Å². The van der Waals surface area contributed by atoms with Crippen LogP contribution in [0, 0.1) is 13.8 Å².